The molecule has 0 saturated heterocycles. The summed E-state index contributed by atoms with van der Waals surface area (Å²) in [5.41, 5.74) is 7.37. The zero-order valence-electron chi connectivity index (χ0n) is 16.4. The standard InChI is InChI=1S/C13H19N9O2.C2HF3O2/c1-9-17-5-10(13(14)18-9)6-21-7-11(19-20-21)3-4-16-12(15-2)8-22(23)24;3-2(4,5)1(6)7/h5,7-8,15-16H,3-4,6H2,1-2H3,(H2,14,17,18);(H,6,7)/b12-8+;. The largest absolute Gasteiger partial charge is 0.490 e. The molecule has 0 bridgehead atoms. The van der Waals surface area contributed by atoms with Crippen molar-refractivity contribution in [3.8, 4) is 0 Å². The van der Waals surface area contributed by atoms with Gasteiger partial charge in [-0.1, -0.05) is 5.21 Å². The molecule has 0 aromatic carbocycles. The van der Waals surface area contributed by atoms with Gasteiger partial charge in [-0.15, -0.1) is 5.10 Å². The number of nitrogens with one attached hydrogen (secondary N) is 2. The van der Waals surface area contributed by atoms with E-state index in [-0.39, 0.29) is 0 Å². The van der Waals surface area contributed by atoms with Gasteiger partial charge >= 0.3 is 12.1 Å². The minimum Gasteiger partial charge on any atom is -0.475 e. The lowest BCUT2D eigenvalue weighted by atomic mass is 10.3. The summed E-state index contributed by atoms with van der Waals surface area (Å²) in [6.45, 7) is 2.68. The van der Waals surface area contributed by atoms with Crippen molar-refractivity contribution < 1.29 is 28.0 Å². The smallest absolute Gasteiger partial charge is 0.475 e. The Bertz CT molecular complexity index is 931. The first kappa shape index (κ1) is 25.1. The highest BCUT2D eigenvalue weighted by Crippen LogP contribution is 2.13. The number of nitro groups is 1. The second-order valence-corrected chi connectivity index (χ2v) is 5.79. The van der Waals surface area contributed by atoms with Gasteiger partial charge in [0.2, 0.25) is 0 Å². The minimum absolute atomic E-state index is 0.331. The molecule has 0 saturated carbocycles. The number of carboxylic acid groups (broad SMARTS) is 1. The Kier molecular flexibility index (Phi) is 9.11. The van der Waals surface area contributed by atoms with E-state index in [0.29, 0.717) is 37.0 Å². The zero-order chi connectivity index (χ0) is 23.6. The van der Waals surface area contributed by atoms with Crippen molar-refractivity contribution >= 4 is 11.8 Å². The number of nitrogens with two attached hydrogens (primary N) is 1. The molecule has 170 valence electrons. The molecule has 0 aliphatic carbocycles. The maximum Gasteiger partial charge on any atom is 0.490 e. The lowest BCUT2D eigenvalue weighted by Gasteiger charge is -2.06. The number of nitrogen functional groups attached to an aromatic ring is 1. The number of hydrogen-bond acceptors (Lipinski definition) is 10. The van der Waals surface area contributed by atoms with E-state index in [9.17, 15) is 23.3 Å². The molecule has 2 aromatic heterocycles. The number of carbonyl (C=O) groups is 1. The predicted octanol–water partition coefficient (Wildman–Crippen LogP) is 0.0674. The molecule has 0 aliphatic rings. The first-order valence-corrected chi connectivity index (χ1v) is 8.46. The van der Waals surface area contributed by atoms with Crippen LogP contribution in [-0.2, 0) is 17.8 Å². The van der Waals surface area contributed by atoms with Crippen molar-refractivity contribution in [3.05, 3.63) is 51.6 Å². The van der Waals surface area contributed by atoms with Gasteiger partial charge in [-0.25, -0.2) is 19.4 Å². The van der Waals surface area contributed by atoms with Crippen LogP contribution < -0.4 is 16.4 Å². The highest BCUT2D eigenvalue weighted by Gasteiger charge is 2.38. The summed E-state index contributed by atoms with van der Waals surface area (Å²) in [6.07, 6.45) is -0.187. The lowest BCUT2D eigenvalue weighted by molar-refractivity contribution is -0.404. The van der Waals surface area contributed by atoms with Crippen molar-refractivity contribution in [1.29, 1.82) is 0 Å². The second kappa shape index (κ2) is 11.3. The molecule has 16 heteroatoms. The van der Waals surface area contributed by atoms with Gasteiger partial charge in [0.1, 0.15) is 11.6 Å². The Morgan fingerprint density at radius 1 is 1.45 bits per heavy atom. The molecule has 0 atom stereocenters. The van der Waals surface area contributed by atoms with E-state index in [1.165, 1.54) is 0 Å². The number of hydrogen-bond donors (Lipinski definition) is 4. The van der Waals surface area contributed by atoms with Crippen LogP contribution in [0.15, 0.2) is 24.4 Å². The number of carboxylic acids is 1. The van der Waals surface area contributed by atoms with Crippen LogP contribution in [0, 0.1) is 17.0 Å². The topological polar surface area (TPSA) is 187 Å². The van der Waals surface area contributed by atoms with Gasteiger partial charge in [0, 0.05) is 38.0 Å². The highest BCUT2D eigenvalue weighted by atomic mass is 19.4. The average molecular weight is 447 g/mol. The Morgan fingerprint density at radius 3 is 2.61 bits per heavy atom. The number of rotatable bonds is 8. The summed E-state index contributed by atoms with van der Waals surface area (Å²) < 4.78 is 33.4. The van der Waals surface area contributed by atoms with Gasteiger partial charge in [0.15, 0.2) is 5.82 Å². The normalized spacial score (nSPS) is 11.3. The summed E-state index contributed by atoms with van der Waals surface area (Å²) in [6, 6.07) is 0. The number of aromatic nitrogens is 5. The quantitative estimate of drug-likeness (QED) is 0.317. The molecule has 2 heterocycles. The first-order chi connectivity index (χ1) is 14.4. The molecule has 0 radical (unpaired) electrons. The average Bonchev–Trinajstić information content (AvgIpc) is 3.10. The van der Waals surface area contributed by atoms with Crippen LogP contribution in [0.4, 0.5) is 19.0 Å². The first-order valence-electron chi connectivity index (χ1n) is 8.46. The van der Waals surface area contributed by atoms with Crippen LogP contribution in [0.3, 0.4) is 0 Å². The monoisotopic (exact) mass is 447 g/mol. The molecule has 2 aromatic rings. The highest BCUT2D eigenvalue weighted by molar-refractivity contribution is 5.73. The van der Waals surface area contributed by atoms with Crippen LogP contribution in [-0.4, -0.2) is 60.7 Å². The Hall–Kier alpha value is -3.98. The maximum atomic E-state index is 10.6. The van der Waals surface area contributed by atoms with Crippen LogP contribution in [0.5, 0.6) is 0 Å². The summed E-state index contributed by atoms with van der Waals surface area (Å²) in [5.74, 6) is -1.39. The number of halogens is 3. The van der Waals surface area contributed by atoms with Gasteiger partial charge in [-0.2, -0.15) is 13.2 Å². The fourth-order valence-electron chi connectivity index (χ4n) is 1.97. The van der Waals surface area contributed by atoms with E-state index in [0.717, 1.165) is 17.5 Å². The Morgan fingerprint density at radius 2 is 2.10 bits per heavy atom. The van der Waals surface area contributed by atoms with Gasteiger partial charge in [0.25, 0.3) is 6.20 Å². The van der Waals surface area contributed by atoms with Crippen molar-refractivity contribution in [3.63, 3.8) is 0 Å². The van der Waals surface area contributed by atoms with Crippen LogP contribution in [0.2, 0.25) is 0 Å². The van der Waals surface area contributed by atoms with Crippen molar-refractivity contribution in [2.75, 3.05) is 19.3 Å². The van der Waals surface area contributed by atoms with Gasteiger partial charge < -0.3 is 21.5 Å². The lowest BCUT2D eigenvalue weighted by Crippen LogP contribution is -2.26. The van der Waals surface area contributed by atoms with E-state index >= 15 is 0 Å². The SMILES string of the molecule is CN/C(=C\[N+](=O)[O-])NCCc1cn(Cc2cnc(C)nc2N)nn1.O=C(O)C(F)(F)F. The molecular formula is C15H20F3N9O4. The van der Waals surface area contributed by atoms with Crippen LogP contribution >= 0.6 is 0 Å². The molecule has 0 spiro atoms. The summed E-state index contributed by atoms with van der Waals surface area (Å²) in [4.78, 5) is 27.0. The van der Waals surface area contributed by atoms with Crippen LogP contribution in [0.1, 0.15) is 17.1 Å². The van der Waals surface area contributed by atoms with Gasteiger partial charge in [-0.05, 0) is 6.92 Å². The number of aliphatic carboxylic acids is 1. The number of anilines is 1. The molecule has 2 rings (SSSR count). The fraction of sp³-hybridized carbons (Fsp3) is 0.400. The molecule has 5 N–H and O–H groups in total. The maximum absolute atomic E-state index is 10.6. The zero-order valence-corrected chi connectivity index (χ0v) is 16.4. The molecular weight excluding hydrogens is 427 g/mol. The van der Waals surface area contributed by atoms with Crippen molar-refractivity contribution in [1.82, 2.24) is 35.6 Å². The molecule has 0 fully saturated rings. The molecule has 0 unspecified atom stereocenters. The predicted molar refractivity (Wildman–Crippen MR) is 99.8 cm³/mol. The Labute approximate surface area is 173 Å². The number of nitrogens with zero attached hydrogens (tertiary/aromatic N) is 6. The third-order valence-electron chi connectivity index (χ3n) is 3.38. The van der Waals surface area contributed by atoms with Gasteiger partial charge in [0.05, 0.1) is 17.2 Å². The third-order valence-corrected chi connectivity index (χ3v) is 3.38. The van der Waals surface area contributed by atoms with Crippen molar-refractivity contribution in [2.24, 2.45) is 0 Å². The molecule has 0 amide bonds. The fourth-order valence-corrected chi connectivity index (χ4v) is 1.97. The number of aryl methyl sites for hydroxylation is 1. The third kappa shape index (κ3) is 9.37. The molecule has 31 heavy (non-hydrogen) atoms. The summed E-state index contributed by atoms with van der Waals surface area (Å²) in [5, 5.41) is 31.3. The van der Waals surface area contributed by atoms with Crippen molar-refractivity contribution in [2.45, 2.75) is 26.1 Å². The van der Waals surface area contributed by atoms with E-state index in [1.807, 2.05) is 0 Å². The minimum atomic E-state index is -5.08. The van der Waals surface area contributed by atoms with E-state index in [4.69, 9.17) is 15.6 Å². The van der Waals surface area contributed by atoms with E-state index in [2.05, 4.69) is 30.9 Å². The Balaban J connectivity index is 0.000000592. The summed E-state index contributed by atoms with van der Waals surface area (Å²) >= 11 is 0. The second-order valence-electron chi connectivity index (χ2n) is 5.79. The number of alkyl halides is 3. The summed E-state index contributed by atoms with van der Waals surface area (Å²) in [7, 11) is 1.60. The van der Waals surface area contributed by atoms with E-state index in [1.54, 1.807) is 31.0 Å². The van der Waals surface area contributed by atoms with Gasteiger partial charge in [-0.3, -0.25) is 10.1 Å². The van der Waals surface area contributed by atoms with E-state index < -0.39 is 17.1 Å². The molecule has 0 aliphatic heterocycles. The molecule has 13 nitrogen and oxygen atoms in total. The van der Waals surface area contributed by atoms with Crippen LogP contribution in [0.25, 0.3) is 0 Å².